The number of H-pyrrole nitrogens is 1. The zero-order valence-electron chi connectivity index (χ0n) is 19.6. The molecule has 8 nitrogen and oxygen atoms in total. The minimum Gasteiger partial charge on any atom is -0.378 e. The predicted octanol–water partition coefficient (Wildman–Crippen LogP) is 3.81. The Morgan fingerprint density at radius 1 is 1.22 bits per heavy atom. The highest BCUT2D eigenvalue weighted by Gasteiger charge is 2.36. The molecule has 12 heteroatoms. The highest BCUT2D eigenvalue weighted by atomic mass is 19.4. The number of rotatable bonds is 4. The maximum absolute atomic E-state index is 15.4. The fourth-order valence-corrected chi connectivity index (χ4v) is 4.63. The zero-order valence-corrected chi connectivity index (χ0v) is 19.6. The number of amides is 1. The number of hydrogen-bond acceptors (Lipinski definition) is 6. The van der Waals surface area contributed by atoms with Gasteiger partial charge in [0.15, 0.2) is 5.82 Å². The van der Waals surface area contributed by atoms with Crippen molar-refractivity contribution in [1.82, 2.24) is 25.2 Å². The lowest BCUT2D eigenvalue weighted by molar-refractivity contribution is -0.137. The van der Waals surface area contributed by atoms with E-state index in [4.69, 9.17) is 4.74 Å². The molecule has 2 saturated heterocycles. The Balaban J connectivity index is 1.51. The lowest BCUT2D eigenvalue weighted by atomic mass is 10.0. The number of fused-ring (bicyclic) bond motifs is 1. The van der Waals surface area contributed by atoms with Crippen LogP contribution >= 0.6 is 0 Å². The van der Waals surface area contributed by atoms with Crippen molar-refractivity contribution < 1.29 is 27.1 Å². The molecule has 0 spiro atoms. The van der Waals surface area contributed by atoms with Crippen LogP contribution < -0.4 is 10.6 Å². The van der Waals surface area contributed by atoms with Crippen LogP contribution in [-0.4, -0.2) is 70.7 Å². The number of ether oxygens (including phenoxy) is 1. The van der Waals surface area contributed by atoms with Crippen LogP contribution in [0.3, 0.4) is 0 Å². The van der Waals surface area contributed by atoms with E-state index in [1.807, 2.05) is 0 Å². The molecule has 0 aliphatic carbocycles. The van der Waals surface area contributed by atoms with Gasteiger partial charge in [-0.05, 0) is 25.8 Å². The van der Waals surface area contributed by atoms with E-state index >= 15 is 4.39 Å². The van der Waals surface area contributed by atoms with Gasteiger partial charge in [0.25, 0.3) is 5.91 Å². The zero-order chi connectivity index (χ0) is 25.4. The normalized spacial score (nSPS) is 21.1. The first-order valence-electron chi connectivity index (χ1n) is 11.8. The van der Waals surface area contributed by atoms with E-state index in [2.05, 4.69) is 32.5 Å². The SMILES string of the molecule is C[C@H]1CC[C@H](Nc2ncc(C(F)(F)F)c(-c3c[nH]c4c(F)c(C(=O)N5CCOCC5)ccc34)n2)CN1. The highest BCUT2D eigenvalue weighted by molar-refractivity contribution is 6.02. The van der Waals surface area contributed by atoms with Gasteiger partial charge in [0, 0.05) is 55.1 Å². The third kappa shape index (κ3) is 4.74. The van der Waals surface area contributed by atoms with Crippen molar-refractivity contribution >= 4 is 22.8 Å². The Bertz CT molecular complexity index is 1260. The second kappa shape index (κ2) is 9.66. The third-order valence-electron chi connectivity index (χ3n) is 6.67. The van der Waals surface area contributed by atoms with Gasteiger partial charge in [-0.3, -0.25) is 4.79 Å². The molecular weight excluding hydrogens is 480 g/mol. The van der Waals surface area contributed by atoms with E-state index in [0.29, 0.717) is 38.9 Å². The largest absolute Gasteiger partial charge is 0.419 e. The van der Waals surface area contributed by atoms with Gasteiger partial charge >= 0.3 is 6.18 Å². The van der Waals surface area contributed by atoms with Crippen molar-refractivity contribution in [1.29, 1.82) is 0 Å². The Labute approximate surface area is 204 Å². The molecule has 2 atom stereocenters. The van der Waals surface area contributed by atoms with Crippen LogP contribution in [0.5, 0.6) is 0 Å². The number of hydrogen-bond donors (Lipinski definition) is 3. The lowest BCUT2D eigenvalue weighted by Gasteiger charge is -2.28. The van der Waals surface area contributed by atoms with Gasteiger partial charge in [-0.25, -0.2) is 14.4 Å². The van der Waals surface area contributed by atoms with Crippen LogP contribution in [0.25, 0.3) is 22.2 Å². The Morgan fingerprint density at radius 3 is 2.69 bits per heavy atom. The summed E-state index contributed by atoms with van der Waals surface area (Å²) in [4.78, 5) is 25.1. The molecule has 2 fully saturated rings. The van der Waals surface area contributed by atoms with Crippen molar-refractivity contribution in [2.24, 2.45) is 0 Å². The number of aromatic amines is 1. The van der Waals surface area contributed by atoms with Gasteiger partial charge in [-0.15, -0.1) is 0 Å². The first kappa shape index (κ1) is 24.4. The van der Waals surface area contributed by atoms with Gasteiger partial charge in [0.05, 0.1) is 30.0 Å². The quantitative estimate of drug-likeness (QED) is 0.466. The smallest absolute Gasteiger partial charge is 0.378 e. The first-order valence-corrected chi connectivity index (χ1v) is 11.8. The van der Waals surface area contributed by atoms with Crippen molar-refractivity contribution in [2.45, 2.75) is 38.0 Å². The summed E-state index contributed by atoms with van der Waals surface area (Å²) in [6.45, 7) is 4.11. The molecule has 4 heterocycles. The molecule has 2 aliphatic heterocycles. The van der Waals surface area contributed by atoms with E-state index in [0.717, 1.165) is 19.0 Å². The standard InChI is InChI=1S/C24H26F4N6O2/c1-13-2-3-14(10-29-13)32-23-31-12-18(24(26,27)28)20(33-23)17-11-30-21-15(17)4-5-16(19(21)25)22(35)34-6-8-36-9-7-34/h4-5,11-14,29-30H,2-3,6-10H2,1H3,(H,31,32,33)/t13-,14-/m0/s1. The van der Waals surface area contributed by atoms with Gasteiger partial charge in [-0.2, -0.15) is 13.2 Å². The average molecular weight is 507 g/mol. The second-order valence-corrected chi connectivity index (χ2v) is 9.14. The summed E-state index contributed by atoms with van der Waals surface area (Å²) in [6, 6.07) is 3.09. The Morgan fingerprint density at radius 2 is 2.00 bits per heavy atom. The number of benzene rings is 1. The lowest BCUT2D eigenvalue weighted by Crippen LogP contribution is -2.43. The average Bonchev–Trinajstić information content (AvgIpc) is 3.30. The second-order valence-electron chi connectivity index (χ2n) is 9.14. The number of carbonyl (C=O) groups excluding carboxylic acids is 1. The number of carbonyl (C=O) groups is 1. The molecule has 0 unspecified atom stereocenters. The molecular formula is C24H26F4N6O2. The molecule has 36 heavy (non-hydrogen) atoms. The molecule has 192 valence electrons. The fourth-order valence-electron chi connectivity index (χ4n) is 4.63. The van der Waals surface area contributed by atoms with E-state index in [1.165, 1.54) is 23.2 Å². The third-order valence-corrected chi connectivity index (χ3v) is 6.67. The molecule has 0 bridgehead atoms. The van der Waals surface area contributed by atoms with Crippen molar-refractivity contribution in [3.63, 3.8) is 0 Å². The van der Waals surface area contributed by atoms with Gasteiger partial charge in [0.1, 0.15) is 5.56 Å². The van der Waals surface area contributed by atoms with E-state index in [9.17, 15) is 18.0 Å². The maximum Gasteiger partial charge on any atom is 0.419 e. The molecule has 0 saturated carbocycles. The number of anilines is 1. The van der Waals surface area contributed by atoms with Crippen LogP contribution in [0.15, 0.2) is 24.5 Å². The molecule has 1 aromatic carbocycles. The minimum atomic E-state index is -4.72. The van der Waals surface area contributed by atoms with Crippen molar-refractivity contribution in [2.75, 3.05) is 38.2 Å². The summed E-state index contributed by atoms with van der Waals surface area (Å²) < 4.78 is 62.2. The van der Waals surface area contributed by atoms with Crippen LogP contribution in [-0.2, 0) is 10.9 Å². The summed E-state index contributed by atoms with van der Waals surface area (Å²) in [5.41, 5.74) is -1.54. The Kier molecular flexibility index (Phi) is 6.56. The first-order chi connectivity index (χ1) is 17.2. The monoisotopic (exact) mass is 506 g/mol. The van der Waals surface area contributed by atoms with E-state index in [1.54, 1.807) is 0 Å². The van der Waals surface area contributed by atoms with Gasteiger partial charge in [0.2, 0.25) is 5.95 Å². The molecule has 1 amide bonds. The molecule has 2 aromatic heterocycles. The molecule has 5 rings (SSSR count). The summed E-state index contributed by atoms with van der Waals surface area (Å²) in [6.07, 6.45) is -0.953. The summed E-state index contributed by atoms with van der Waals surface area (Å²) >= 11 is 0. The van der Waals surface area contributed by atoms with Crippen molar-refractivity contribution in [3.05, 3.63) is 41.5 Å². The highest BCUT2D eigenvalue weighted by Crippen LogP contribution is 2.39. The number of nitrogens with one attached hydrogen (secondary N) is 3. The van der Waals surface area contributed by atoms with Gasteiger partial charge in [-0.1, -0.05) is 6.07 Å². The fraction of sp³-hybridized carbons (Fsp3) is 0.458. The molecule has 2 aliphatic rings. The summed E-state index contributed by atoms with van der Waals surface area (Å²) in [5.74, 6) is -1.25. The minimum absolute atomic E-state index is 0.0278. The number of alkyl halides is 3. The summed E-state index contributed by atoms with van der Waals surface area (Å²) in [7, 11) is 0. The van der Waals surface area contributed by atoms with E-state index < -0.39 is 23.5 Å². The number of nitrogens with zero attached hydrogens (tertiary/aromatic N) is 3. The van der Waals surface area contributed by atoms with Gasteiger partial charge < -0.3 is 25.3 Å². The number of piperidine rings is 1. The van der Waals surface area contributed by atoms with E-state index in [-0.39, 0.29) is 39.7 Å². The topological polar surface area (TPSA) is 95.2 Å². The van der Waals surface area contributed by atoms with Crippen LogP contribution in [0.4, 0.5) is 23.5 Å². The molecule has 0 radical (unpaired) electrons. The van der Waals surface area contributed by atoms with Crippen LogP contribution in [0, 0.1) is 5.82 Å². The van der Waals surface area contributed by atoms with Crippen LogP contribution in [0.2, 0.25) is 0 Å². The Hall–Kier alpha value is -3.25. The number of halogens is 4. The number of aromatic nitrogens is 3. The van der Waals surface area contributed by atoms with Crippen LogP contribution in [0.1, 0.15) is 35.7 Å². The maximum atomic E-state index is 15.4. The molecule has 3 N–H and O–H groups in total. The summed E-state index contributed by atoms with van der Waals surface area (Å²) in [5, 5.41) is 6.61. The molecule has 3 aromatic rings. The number of morpholine rings is 1. The predicted molar refractivity (Wildman–Crippen MR) is 125 cm³/mol. The van der Waals surface area contributed by atoms with Crippen molar-refractivity contribution in [3.8, 4) is 11.3 Å².